The van der Waals surface area contributed by atoms with E-state index in [9.17, 15) is 4.79 Å². The molecule has 2 N–H and O–H groups in total. The van der Waals surface area contributed by atoms with Gasteiger partial charge in [0.15, 0.2) is 5.78 Å². The van der Waals surface area contributed by atoms with Crippen LogP contribution in [0.5, 0.6) is 11.5 Å². The van der Waals surface area contributed by atoms with Crippen molar-refractivity contribution in [3.8, 4) is 11.5 Å². The maximum atomic E-state index is 12.4. The van der Waals surface area contributed by atoms with Gasteiger partial charge in [0.1, 0.15) is 11.5 Å². The Hall–Kier alpha value is -3.21. The quantitative estimate of drug-likeness (QED) is 0.450. The Balaban J connectivity index is 1.50. The largest absolute Gasteiger partial charge is 0.457 e. The summed E-state index contributed by atoms with van der Waals surface area (Å²) in [5, 5.41) is 6.79. The summed E-state index contributed by atoms with van der Waals surface area (Å²) in [6.07, 6.45) is 3.48. The summed E-state index contributed by atoms with van der Waals surface area (Å²) in [4.78, 5) is 12.4. The second kappa shape index (κ2) is 8.43. The van der Waals surface area contributed by atoms with Crippen LogP contribution in [-0.4, -0.2) is 12.8 Å². The van der Waals surface area contributed by atoms with Gasteiger partial charge < -0.3 is 10.1 Å². The van der Waals surface area contributed by atoms with E-state index < -0.39 is 0 Å². The molecule has 0 spiro atoms. The molecule has 0 aliphatic carbocycles. The lowest BCUT2D eigenvalue weighted by Gasteiger charge is -2.15. The molecule has 4 nitrogen and oxygen atoms in total. The van der Waals surface area contributed by atoms with Crippen LogP contribution in [0, 0.1) is 0 Å². The van der Waals surface area contributed by atoms with E-state index in [4.69, 9.17) is 4.74 Å². The molecule has 0 amide bonds. The zero-order chi connectivity index (χ0) is 20.2. The molecule has 2 atom stereocenters. The molecule has 4 rings (SSSR count). The molecule has 0 aromatic heterocycles. The van der Waals surface area contributed by atoms with Crippen LogP contribution in [0.4, 0.5) is 0 Å². The van der Waals surface area contributed by atoms with Gasteiger partial charge in [-0.1, -0.05) is 48.5 Å². The Morgan fingerprint density at radius 1 is 1.00 bits per heavy atom. The molecular formula is C25H24N2O2. The summed E-state index contributed by atoms with van der Waals surface area (Å²) in [6.45, 7) is 2.14. The van der Waals surface area contributed by atoms with Crippen LogP contribution in [0.25, 0.3) is 6.08 Å². The second-order valence-corrected chi connectivity index (χ2v) is 7.10. The minimum absolute atomic E-state index is 0.0331. The van der Waals surface area contributed by atoms with Gasteiger partial charge in [0.05, 0.1) is 6.17 Å². The van der Waals surface area contributed by atoms with Crippen molar-refractivity contribution in [3.05, 3.63) is 101 Å². The lowest BCUT2D eigenvalue weighted by Crippen LogP contribution is -2.26. The fourth-order valence-electron chi connectivity index (χ4n) is 3.63. The molecule has 1 heterocycles. The van der Waals surface area contributed by atoms with Gasteiger partial charge in [-0.3, -0.25) is 10.1 Å². The summed E-state index contributed by atoms with van der Waals surface area (Å²) in [5.41, 5.74) is 4.00. The average Bonchev–Trinajstić information content (AvgIpc) is 3.10. The lowest BCUT2D eigenvalue weighted by molar-refractivity contribution is 0.104. The van der Waals surface area contributed by atoms with Crippen LogP contribution in [0.2, 0.25) is 0 Å². The molecule has 0 fully saturated rings. The van der Waals surface area contributed by atoms with Gasteiger partial charge >= 0.3 is 0 Å². The molecule has 0 saturated carbocycles. The topological polar surface area (TPSA) is 50.4 Å². The minimum Gasteiger partial charge on any atom is -0.457 e. The molecule has 1 aliphatic rings. The van der Waals surface area contributed by atoms with Crippen molar-refractivity contribution in [2.45, 2.75) is 19.1 Å². The van der Waals surface area contributed by atoms with Crippen LogP contribution >= 0.6 is 0 Å². The number of carbonyl (C=O) groups excluding carboxylic acids is 1. The zero-order valence-electron chi connectivity index (χ0n) is 16.6. The predicted octanol–water partition coefficient (Wildman–Crippen LogP) is 5.26. The molecular weight excluding hydrogens is 360 g/mol. The third-order valence-corrected chi connectivity index (χ3v) is 5.15. The van der Waals surface area contributed by atoms with Crippen molar-refractivity contribution < 1.29 is 9.53 Å². The number of ether oxygens (including phenoxy) is 1. The fourth-order valence-corrected chi connectivity index (χ4v) is 3.63. The van der Waals surface area contributed by atoms with E-state index in [0.717, 1.165) is 16.9 Å². The van der Waals surface area contributed by atoms with Crippen molar-refractivity contribution in [1.82, 2.24) is 10.6 Å². The molecule has 3 aromatic rings. The standard InChI is InChI=1S/C25H24N2O2/c1-17-21-9-6-10-23(24(21)25(26-2)27-17)29-20-14-12-19(13-15-20)22(28)16-11-18-7-4-3-5-8-18/h3-17,25-27H,1-2H3/b16-11+. The van der Waals surface area contributed by atoms with E-state index in [-0.39, 0.29) is 18.0 Å². The van der Waals surface area contributed by atoms with Crippen LogP contribution in [0.1, 0.15) is 46.2 Å². The molecule has 0 radical (unpaired) electrons. The molecule has 0 saturated heterocycles. The number of hydrogen-bond donors (Lipinski definition) is 2. The Bertz CT molecular complexity index is 1030. The van der Waals surface area contributed by atoms with Gasteiger partial charge in [-0.2, -0.15) is 0 Å². The first-order chi connectivity index (χ1) is 14.2. The van der Waals surface area contributed by atoms with E-state index >= 15 is 0 Å². The number of rotatable bonds is 6. The minimum atomic E-state index is -0.0331. The van der Waals surface area contributed by atoms with Gasteiger partial charge in [-0.25, -0.2) is 0 Å². The van der Waals surface area contributed by atoms with E-state index in [1.165, 1.54) is 5.56 Å². The number of fused-ring (bicyclic) bond motifs is 1. The van der Waals surface area contributed by atoms with Gasteiger partial charge in [0, 0.05) is 17.2 Å². The van der Waals surface area contributed by atoms with Gasteiger partial charge in [-0.15, -0.1) is 0 Å². The molecule has 2 unspecified atom stereocenters. The lowest BCUT2D eigenvalue weighted by atomic mass is 10.0. The first-order valence-electron chi connectivity index (χ1n) is 9.77. The highest BCUT2D eigenvalue weighted by Gasteiger charge is 2.29. The van der Waals surface area contributed by atoms with Crippen LogP contribution in [0.3, 0.4) is 0 Å². The van der Waals surface area contributed by atoms with Gasteiger partial charge in [0.2, 0.25) is 0 Å². The molecule has 29 heavy (non-hydrogen) atoms. The number of nitrogens with one attached hydrogen (secondary N) is 2. The average molecular weight is 384 g/mol. The van der Waals surface area contributed by atoms with Crippen LogP contribution in [0.15, 0.2) is 78.9 Å². The number of hydrogen-bond acceptors (Lipinski definition) is 4. The van der Waals surface area contributed by atoms with Crippen molar-refractivity contribution in [2.75, 3.05) is 7.05 Å². The normalized spacial score (nSPS) is 18.0. The second-order valence-electron chi connectivity index (χ2n) is 7.10. The highest BCUT2D eigenvalue weighted by atomic mass is 16.5. The monoisotopic (exact) mass is 384 g/mol. The van der Waals surface area contributed by atoms with Crippen LogP contribution in [-0.2, 0) is 0 Å². The smallest absolute Gasteiger partial charge is 0.185 e. The van der Waals surface area contributed by atoms with Crippen molar-refractivity contribution in [2.24, 2.45) is 0 Å². The number of ketones is 1. The summed E-state index contributed by atoms with van der Waals surface area (Å²) in [7, 11) is 1.93. The fraction of sp³-hybridized carbons (Fsp3) is 0.160. The number of benzene rings is 3. The number of carbonyl (C=O) groups is 1. The molecule has 1 aliphatic heterocycles. The Kier molecular flexibility index (Phi) is 5.56. The van der Waals surface area contributed by atoms with Gasteiger partial charge in [0.25, 0.3) is 0 Å². The summed E-state index contributed by atoms with van der Waals surface area (Å²) >= 11 is 0. The van der Waals surface area contributed by atoms with E-state index in [1.54, 1.807) is 18.2 Å². The Morgan fingerprint density at radius 3 is 2.48 bits per heavy atom. The van der Waals surface area contributed by atoms with Crippen molar-refractivity contribution in [1.29, 1.82) is 0 Å². The highest BCUT2D eigenvalue weighted by Crippen LogP contribution is 2.39. The first kappa shape index (κ1) is 19.1. The third kappa shape index (κ3) is 4.14. The predicted molar refractivity (Wildman–Crippen MR) is 116 cm³/mol. The third-order valence-electron chi connectivity index (χ3n) is 5.15. The summed E-state index contributed by atoms with van der Waals surface area (Å²) < 4.78 is 6.16. The highest BCUT2D eigenvalue weighted by molar-refractivity contribution is 6.06. The van der Waals surface area contributed by atoms with E-state index in [1.807, 2.05) is 67.7 Å². The molecule has 146 valence electrons. The summed E-state index contributed by atoms with van der Waals surface area (Å²) in [5.74, 6) is 1.49. The molecule has 4 heteroatoms. The van der Waals surface area contributed by atoms with Crippen molar-refractivity contribution >= 4 is 11.9 Å². The Morgan fingerprint density at radius 2 is 1.76 bits per heavy atom. The SMILES string of the molecule is CNC1NC(C)c2cccc(Oc3ccc(C(=O)/C=C/c4ccccc4)cc3)c21. The molecule has 0 bridgehead atoms. The maximum absolute atomic E-state index is 12.4. The van der Waals surface area contributed by atoms with Crippen LogP contribution < -0.4 is 15.4 Å². The van der Waals surface area contributed by atoms with E-state index in [0.29, 0.717) is 11.3 Å². The summed E-state index contributed by atoms with van der Waals surface area (Å²) in [6, 6.07) is 23.4. The first-order valence-corrected chi connectivity index (χ1v) is 9.77. The van der Waals surface area contributed by atoms with Crippen molar-refractivity contribution in [3.63, 3.8) is 0 Å². The Labute approximate surface area is 171 Å². The maximum Gasteiger partial charge on any atom is 0.185 e. The number of allylic oxidation sites excluding steroid dienone is 1. The molecule has 3 aromatic carbocycles. The zero-order valence-corrected chi connectivity index (χ0v) is 16.6. The van der Waals surface area contributed by atoms with Gasteiger partial charge in [-0.05, 0) is 61.5 Å². The van der Waals surface area contributed by atoms with E-state index in [2.05, 4.69) is 23.6 Å².